The van der Waals surface area contributed by atoms with E-state index < -0.39 is 5.41 Å². The van der Waals surface area contributed by atoms with E-state index in [4.69, 9.17) is 11.3 Å². The van der Waals surface area contributed by atoms with E-state index in [-0.39, 0.29) is 16.8 Å². The summed E-state index contributed by atoms with van der Waals surface area (Å²) in [5, 5.41) is 0. The second kappa shape index (κ2) is 5.28. The van der Waals surface area contributed by atoms with E-state index in [1.54, 1.807) is 0 Å². The Bertz CT molecular complexity index is 594. The van der Waals surface area contributed by atoms with Crippen LogP contribution in [0.15, 0.2) is 48.6 Å². The molecule has 0 aromatic rings. The highest BCUT2D eigenvalue weighted by atomic mass is 16.5. The highest BCUT2D eigenvalue weighted by Crippen LogP contribution is 2.60. The summed E-state index contributed by atoms with van der Waals surface area (Å²) in [5.41, 5.74) is -0.596. The Balaban J connectivity index is 1.75. The summed E-state index contributed by atoms with van der Waals surface area (Å²) in [6.07, 6.45) is 20.8. The lowest BCUT2D eigenvalue weighted by molar-refractivity contribution is -0.164. The molecule has 0 amide bonds. The molecule has 0 unspecified atom stereocenters. The zero-order valence-electron chi connectivity index (χ0n) is 12.9. The van der Waals surface area contributed by atoms with Gasteiger partial charge >= 0.3 is 5.97 Å². The fourth-order valence-electron chi connectivity index (χ4n) is 3.99. The Labute approximate surface area is 131 Å². The molecule has 0 N–H and O–H groups in total. The molecule has 3 rings (SSSR count). The van der Waals surface area contributed by atoms with E-state index in [0.29, 0.717) is 13.0 Å². The molecule has 3 aliphatic carbocycles. The highest BCUT2D eigenvalue weighted by Gasteiger charge is 2.58. The molecule has 22 heavy (non-hydrogen) atoms. The second-order valence-corrected chi connectivity index (χ2v) is 6.70. The lowest BCUT2D eigenvalue weighted by atomic mass is 9.49. The van der Waals surface area contributed by atoms with Gasteiger partial charge in [-0.25, -0.2) is 6.57 Å². The molecule has 0 bridgehead atoms. The van der Waals surface area contributed by atoms with Crippen LogP contribution in [0.5, 0.6) is 0 Å². The predicted molar refractivity (Wildman–Crippen MR) is 85.8 cm³/mol. The van der Waals surface area contributed by atoms with Crippen LogP contribution in [0.4, 0.5) is 0 Å². The first-order chi connectivity index (χ1) is 10.6. The number of allylic oxidation sites excluding steroid dienone is 8. The van der Waals surface area contributed by atoms with Gasteiger partial charge in [-0.2, -0.15) is 0 Å². The first-order valence-electron chi connectivity index (χ1n) is 7.76. The molecule has 3 aliphatic rings. The largest absolute Gasteiger partial charge is 0.469 e. The van der Waals surface area contributed by atoms with Gasteiger partial charge in [-0.15, -0.1) is 0 Å². The van der Waals surface area contributed by atoms with Gasteiger partial charge in [0.2, 0.25) is 6.54 Å². The summed E-state index contributed by atoms with van der Waals surface area (Å²) >= 11 is 0. The average Bonchev–Trinajstić information content (AvgIpc) is 2.53. The van der Waals surface area contributed by atoms with Gasteiger partial charge in [-0.05, 0) is 19.3 Å². The van der Waals surface area contributed by atoms with Crippen LogP contribution < -0.4 is 0 Å². The first kappa shape index (κ1) is 14.8. The van der Waals surface area contributed by atoms with Gasteiger partial charge in [0.05, 0.1) is 12.5 Å². The third kappa shape index (κ3) is 2.33. The molecule has 3 heteroatoms. The van der Waals surface area contributed by atoms with Gasteiger partial charge in [-0.1, -0.05) is 48.6 Å². The van der Waals surface area contributed by atoms with Crippen molar-refractivity contribution in [2.24, 2.45) is 16.2 Å². The molecule has 0 radical (unpaired) electrons. The number of methoxy groups -OCH3 is 1. The highest BCUT2D eigenvalue weighted by molar-refractivity contribution is 5.79. The van der Waals surface area contributed by atoms with E-state index >= 15 is 0 Å². The summed E-state index contributed by atoms with van der Waals surface area (Å²) in [7, 11) is 1.44. The van der Waals surface area contributed by atoms with Crippen LogP contribution in [0.3, 0.4) is 0 Å². The maximum Gasteiger partial charge on any atom is 0.312 e. The molecule has 1 saturated carbocycles. The van der Waals surface area contributed by atoms with Crippen LogP contribution in [0.25, 0.3) is 4.85 Å². The van der Waals surface area contributed by atoms with Crippen molar-refractivity contribution >= 4 is 5.97 Å². The molecule has 0 saturated heterocycles. The van der Waals surface area contributed by atoms with Crippen molar-refractivity contribution in [2.75, 3.05) is 13.7 Å². The maximum absolute atomic E-state index is 12.1. The zero-order valence-corrected chi connectivity index (χ0v) is 12.9. The number of nitrogens with zero attached hydrogens (tertiary/aromatic N) is 1. The summed E-state index contributed by atoms with van der Waals surface area (Å²) < 4.78 is 4.99. The molecule has 0 aromatic carbocycles. The first-order valence-corrected chi connectivity index (χ1v) is 7.76. The number of rotatable bonds is 3. The summed E-state index contributed by atoms with van der Waals surface area (Å²) in [6, 6.07) is 0. The Morgan fingerprint density at radius 1 is 1.14 bits per heavy atom. The lowest BCUT2D eigenvalue weighted by Gasteiger charge is -2.53. The van der Waals surface area contributed by atoms with Gasteiger partial charge in [0, 0.05) is 17.3 Å². The SMILES string of the molecule is [C-]#[N+]CCC1(C(=O)OC)CC2(C=CC3(C=CCC=C3)C=C2)C1. The standard InChI is InChI=1S/C19H21NO2/c1-20-13-12-19(16(21)22-2)14-18(15-19)10-8-17(9-11-18)6-4-3-5-7-17/h4-11H,3,12-15H2,2H3. The number of esters is 1. The lowest BCUT2D eigenvalue weighted by Crippen LogP contribution is -2.51. The number of carbonyl (C=O) groups excluding carboxylic acids is 1. The molecule has 1 fully saturated rings. The van der Waals surface area contributed by atoms with Crippen LogP contribution in [-0.4, -0.2) is 19.6 Å². The van der Waals surface area contributed by atoms with Crippen molar-refractivity contribution in [2.45, 2.75) is 25.7 Å². The minimum Gasteiger partial charge on any atom is -0.469 e. The number of ether oxygens (including phenoxy) is 1. The van der Waals surface area contributed by atoms with Gasteiger partial charge < -0.3 is 9.58 Å². The Hall–Kier alpha value is -2.08. The molecule has 0 aromatic heterocycles. The third-order valence-corrected chi connectivity index (χ3v) is 5.15. The van der Waals surface area contributed by atoms with Crippen molar-refractivity contribution in [3.05, 3.63) is 60.0 Å². The van der Waals surface area contributed by atoms with E-state index in [2.05, 4.69) is 53.5 Å². The van der Waals surface area contributed by atoms with Gasteiger partial charge in [0.25, 0.3) is 0 Å². The normalized spacial score (nSPS) is 24.9. The minimum absolute atomic E-state index is 0.0411. The van der Waals surface area contributed by atoms with Crippen molar-refractivity contribution in [3.8, 4) is 0 Å². The maximum atomic E-state index is 12.1. The van der Waals surface area contributed by atoms with Crippen molar-refractivity contribution < 1.29 is 9.53 Å². The van der Waals surface area contributed by atoms with Gasteiger partial charge in [0.15, 0.2) is 0 Å². The number of carbonyl (C=O) groups is 1. The van der Waals surface area contributed by atoms with Crippen LogP contribution in [0.1, 0.15) is 25.7 Å². The second-order valence-electron chi connectivity index (χ2n) is 6.70. The fourth-order valence-corrected chi connectivity index (χ4v) is 3.99. The van der Waals surface area contributed by atoms with Crippen LogP contribution in [-0.2, 0) is 9.53 Å². The third-order valence-electron chi connectivity index (χ3n) is 5.15. The van der Waals surface area contributed by atoms with E-state index in [1.807, 2.05) is 0 Å². The minimum atomic E-state index is -0.475. The summed E-state index contributed by atoms with van der Waals surface area (Å²) in [6.45, 7) is 7.36. The van der Waals surface area contributed by atoms with E-state index in [9.17, 15) is 4.79 Å². The molecule has 3 nitrogen and oxygen atoms in total. The molecule has 114 valence electrons. The molecular weight excluding hydrogens is 274 g/mol. The van der Waals surface area contributed by atoms with Crippen LogP contribution >= 0.6 is 0 Å². The molecule has 2 spiro atoms. The topological polar surface area (TPSA) is 30.7 Å². The summed E-state index contributed by atoms with van der Waals surface area (Å²) in [4.78, 5) is 15.6. The molecule has 0 atom stereocenters. The monoisotopic (exact) mass is 295 g/mol. The quantitative estimate of drug-likeness (QED) is 0.449. The van der Waals surface area contributed by atoms with Crippen molar-refractivity contribution in [1.29, 1.82) is 0 Å². The molecular formula is C19H21NO2. The fraction of sp³-hybridized carbons (Fsp3) is 0.474. The average molecular weight is 295 g/mol. The van der Waals surface area contributed by atoms with E-state index in [0.717, 1.165) is 19.3 Å². The molecule has 0 heterocycles. The Morgan fingerprint density at radius 2 is 1.77 bits per heavy atom. The number of hydrogen-bond acceptors (Lipinski definition) is 2. The Kier molecular flexibility index (Phi) is 3.56. The number of hydrogen-bond donors (Lipinski definition) is 0. The van der Waals surface area contributed by atoms with Gasteiger partial charge in [-0.3, -0.25) is 4.79 Å². The Morgan fingerprint density at radius 3 is 2.32 bits per heavy atom. The van der Waals surface area contributed by atoms with Crippen molar-refractivity contribution in [3.63, 3.8) is 0 Å². The van der Waals surface area contributed by atoms with Gasteiger partial charge in [0.1, 0.15) is 0 Å². The van der Waals surface area contributed by atoms with Crippen LogP contribution in [0, 0.1) is 22.8 Å². The van der Waals surface area contributed by atoms with E-state index in [1.165, 1.54) is 7.11 Å². The molecule has 0 aliphatic heterocycles. The van der Waals surface area contributed by atoms with Crippen LogP contribution in [0.2, 0.25) is 0 Å². The predicted octanol–water partition coefficient (Wildman–Crippen LogP) is 3.86. The zero-order chi connectivity index (χ0) is 15.7. The van der Waals surface area contributed by atoms with Crippen molar-refractivity contribution in [1.82, 2.24) is 0 Å². The smallest absolute Gasteiger partial charge is 0.312 e. The summed E-state index contributed by atoms with van der Waals surface area (Å²) in [5.74, 6) is -0.165.